The van der Waals surface area contributed by atoms with E-state index < -0.39 is 0 Å². The highest BCUT2D eigenvalue weighted by molar-refractivity contribution is 5.70. The van der Waals surface area contributed by atoms with Crippen LogP contribution in [-0.2, 0) is 12.0 Å². The van der Waals surface area contributed by atoms with Crippen molar-refractivity contribution in [3.05, 3.63) is 23.6 Å². The van der Waals surface area contributed by atoms with Crippen molar-refractivity contribution >= 4 is 0 Å². The van der Waals surface area contributed by atoms with Gasteiger partial charge in [-0.3, -0.25) is 0 Å². The molecule has 0 amide bonds. The van der Waals surface area contributed by atoms with E-state index in [1.807, 2.05) is 6.07 Å². The molecular weight excluding hydrogens is 258 g/mol. The molecule has 0 spiro atoms. The van der Waals surface area contributed by atoms with E-state index in [1.54, 1.807) is 6.07 Å². The summed E-state index contributed by atoms with van der Waals surface area (Å²) < 4.78 is 10.2. The van der Waals surface area contributed by atoms with Crippen LogP contribution in [0.15, 0.2) is 16.7 Å². The van der Waals surface area contributed by atoms with Crippen molar-refractivity contribution in [2.75, 3.05) is 7.11 Å². The van der Waals surface area contributed by atoms with Gasteiger partial charge >= 0.3 is 0 Å². The summed E-state index contributed by atoms with van der Waals surface area (Å²) in [5.41, 5.74) is 6.87. The molecule has 0 radical (unpaired) electrons. The lowest BCUT2D eigenvalue weighted by Gasteiger charge is -2.21. The normalized spacial score (nSPS) is 11.7. The predicted molar refractivity (Wildman–Crippen MR) is 74.5 cm³/mol. The topological polar surface area (TPSA) is 94.4 Å². The van der Waals surface area contributed by atoms with Crippen molar-refractivity contribution in [3.63, 3.8) is 0 Å². The van der Waals surface area contributed by atoms with Crippen LogP contribution in [0.3, 0.4) is 0 Å². The lowest BCUT2D eigenvalue weighted by molar-refractivity contribution is 0.370. The van der Waals surface area contributed by atoms with E-state index in [-0.39, 0.29) is 17.7 Å². The molecule has 2 aromatic rings. The van der Waals surface area contributed by atoms with Gasteiger partial charge < -0.3 is 20.1 Å². The van der Waals surface area contributed by atoms with Crippen molar-refractivity contribution in [2.45, 2.75) is 32.7 Å². The number of nitrogens with zero attached hydrogens (tertiary/aromatic N) is 2. The van der Waals surface area contributed by atoms with Crippen LogP contribution in [0.1, 0.15) is 32.2 Å². The SMILES string of the molecule is COc1c(O)cc(C(C)(C)C)cc1-c1noc(CN)n1. The van der Waals surface area contributed by atoms with E-state index >= 15 is 0 Å². The number of aromatic hydroxyl groups is 1. The van der Waals surface area contributed by atoms with E-state index in [0.29, 0.717) is 23.0 Å². The van der Waals surface area contributed by atoms with E-state index in [0.717, 1.165) is 5.56 Å². The molecule has 1 aromatic heterocycles. The molecule has 0 aliphatic heterocycles. The smallest absolute Gasteiger partial charge is 0.240 e. The Morgan fingerprint density at radius 3 is 2.55 bits per heavy atom. The number of phenols is 1. The summed E-state index contributed by atoms with van der Waals surface area (Å²) >= 11 is 0. The lowest BCUT2D eigenvalue weighted by Crippen LogP contribution is -2.11. The Labute approximate surface area is 117 Å². The summed E-state index contributed by atoms with van der Waals surface area (Å²) in [4.78, 5) is 4.18. The van der Waals surface area contributed by atoms with E-state index in [9.17, 15) is 5.11 Å². The number of hydrogen-bond donors (Lipinski definition) is 2. The molecule has 0 saturated carbocycles. The third kappa shape index (κ3) is 2.60. The Hall–Kier alpha value is -2.08. The van der Waals surface area contributed by atoms with Crippen molar-refractivity contribution in [1.29, 1.82) is 0 Å². The molecule has 0 aliphatic rings. The molecule has 1 heterocycles. The fourth-order valence-electron chi connectivity index (χ4n) is 1.87. The number of phenolic OH excluding ortho intramolecular Hbond substituents is 1. The summed E-state index contributed by atoms with van der Waals surface area (Å²) in [5.74, 6) is 1.06. The minimum atomic E-state index is -0.126. The van der Waals surface area contributed by atoms with Crippen LogP contribution < -0.4 is 10.5 Å². The van der Waals surface area contributed by atoms with Crippen LogP contribution in [0.5, 0.6) is 11.5 Å². The largest absolute Gasteiger partial charge is 0.504 e. The fourth-order valence-corrected chi connectivity index (χ4v) is 1.87. The van der Waals surface area contributed by atoms with E-state index in [4.69, 9.17) is 15.0 Å². The van der Waals surface area contributed by atoms with Gasteiger partial charge in [-0.2, -0.15) is 4.98 Å². The maximum atomic E-state index is 10.1. The number of benzene rings is 1. The van der Waals surface area contributed by atoms with Crippen LogP contribution in [0, 0.1) is 0 Å². The Kier molecular flexibility index (Phi) is 3.67. The summed E-state index contributed by atoms with van der Waals surface area (Å²) in [6.07, 6.45) is 0. The van der Waals surface area contributed by atoms with Gasteiger partial charge in [0.15, 0.2) is 11.5 Å². The first-order chi connectivity index (χ1) is 9.36. The summed E-state index contributed by atoms with van der Waals surface area (Å²) in [5, 5.41) is 14.0. The molecule has 3 N–H and O–H groups in total. The second kappa shape index (κ2) is 5.13. The zero-order valence-electron chi connectivity index (χ0n) is 12.1. The van der Waals surface area contributed by atoms with Gasteiger partial charge in [0, 0.05) is 0 Å². The molecule has 108 valence electrons. The van der Waals surface area contributed by atoms with Gasteiger partial charge in [0.05, 0.1) is 19.2 Å². The monoisotopic (exact) mass is 277 g/mol. The molecule has 0 saturated heterocycles. The average molecular weight is 277 g/mol. The van der Waals surface area contributed by atoms with Crippen molar-refractivity contribution < 1.29 is 14.4 Å². The van der Waals surface area contributed by atoms with Gasteiger partial charge in [0.2, 0.25) is 11.7 Å². The Morgan fingerprint density at radius 2 is 2.05 bits per heavy atom. The lowest BCUT2D eigenvalue weighted by atomic mass is 9.85. The van der Waals surface area contributed by atoms with Gasteiger partial charge in [-0.05, 0) is 23.1 Å². The van der Waals surface area contributed by atoms with E-state index in [1.165, 1.54) is 7.11 Å². The van der Waals surface area contributed by atoms with E-state index in [2.05, 4.69) is 30.9 Å². The first-order valence-electron chi connectivity index (χ1n) is 6.31. The molecule has 0 bridgehead atoms. The molecule has 0 fully saturated rings. The summed E-state index contributed by atoms with van der Waals surface area (Å²) in [6.45, 7) is 6.33. The number of nitrogens with two attached hydrogens (primary N) is 1. The molecule has 20 heavy (non-hydrogen) atoms. The molecule has 2 rings (SSSR count). The van der Waals surface area contributed by atoms with Crippen LogP contribution in [-0.4, -0.2) is 22.4 Å². The third-order valence-corrected chi connectivity index (χ3v) is 3.02. The molecule has 0 aliphatic carbocycles. The first-order valence-corrected chi connectivity index (χ1v) is 6.31. The highest BCUT2D eigenvalue weighted by Gasteiger charge is 2.22. The number of hydrogen-bond acceptors (Lipinski definition) is 6. The number of aromatic nitrogens is 2. The second-order valence-electron chi connectivity index (χ2n) is 5.54. The van der Waals surface area contributed by atoms with Gasteiger partial charge in [-0.25, -0.2) is 0 Å². The van der Waals surface area contributed by atoms with Crippen molar-refractivity contribution in [3.8, 4) is 22.9 Å². The Morgan fingerprint density at radius 1 is 1.35 bits per heavy atom. The summed E-state index contributed by atoms with van der Waals surface area (Å²) in [6, 6.07) is 3.58. The average Bonchev–Trinajstić information content (AvgIpc) is 2.85. The minimum absolute atomic E-state index is 0.0500. The first kappa shape index (κ1) is 14.3. The van der Waals surface area contributed by atoms with Crippen molar-refractivity contribution in [2.24, 2.45) is 5.73 Å². The molecule has 6 nitrogen and oxygen atoms in total. The zero-order chi connectivity index (χ0) is 14.9. The Bertz CT molecular complexity index is 615. The van der Waals surface area contributed by atoms with Crippen LogP contribution in [0.25, 0.3) is 11.4 Å². The highest BCUT2D eigenvalue weighted by Crippen LogP contribution is 2.40. The van der Waals surface area contributed by atoms with Crippen molar-refractivity contribution in [1.82, 2.24) is 10.1 Å². The van der Waals surface area contributed by atoms with Crippen LogP contribution >= 0.6 is 0 Å². The number of methoxy groups -OCH3 is 1. The van der Waals surface area contributed by atoms with Gasteiger partial charge in [-0.1, -0.05) is 25.9 Å². The van der Waals surface area contributed by atoms with Crippen LogP contribution in [0.2, 0.25) is 0 Å². The quantitative estimate of drug-likeness (QED) is 0.893. The minimum Gasteiger partial charge on any atom is -0.504 e. The Balaban J connectivity index is 2.63. The number of rotatable bonds is 3. The highest BCUT2D eigenvalue weighted by atomic mass is 16.5. The van der Waals surface area contributed by atoms with Crippen LogP contribution in [0.4, 0.5) is 0 Å². The maximum Gasteiger partial charge on any atom is 0.240 e. The molecular formula is C14H19N3O3. The fraction of sp³-hybridized carbons (Fsp3) is 0.429. The van der Waals surface area contributed by atoms with Gasteiger partial charge in [0.25, 0.3) is 0 Å². The summed E-state index contributed by atoms with van der Waals surface area (Å²) in [7, 11) is 1.49. The number of ether oxygens (including phenoxy) is 1. The molecule has 1 aromatic carbocycles. The molecule has 0 atom stereocenters. The molecule has 6 heteroatoms. The predicted octanol–water partition coefficient (Wildman–Crippen LogP) is 2.21. The zero-order valence-corrected chi connectivity index (χ0v) is 12.1. The third-order valence-electron chi connectivity index (χ3n) is 3.02. The van der Waals surface area contributed by atoms with Gasteiger partial charge in [0.1, 0.15) is 0 Å². The van der Waals surface area contributed by atoms with Gasteiger partial charge in [-0.15, -0.1) is 0 Å². The molecule has 0 unspecified atom stereocenters. The standard InChI is InChI=1S/C14H19N3O3/c1-14(2,3)8-5-9(12(19-4)10(18)6-8)13-16-11(7-15)20-17-13/h5-6,18H,7,15H2,1-4H3. The maximum absolute atomic E-state index is 10.1. The second-order valence-corrected chi connectivity index (χ2v) is 5.54.